The molecule has 0 unspecified atom stereocenters. The first kappa shape index (κ1) is 14.4. The number of oxime groups is 1. The van der Waals surface area contributed by atoms with Crippen LogP contribution in [0, 0.1) is 5.82 Å². The number of halogens is 1. The number of hydrogen-bond donors (Lipinski definition) is 2. The molecule has 0 amide bonds. The Bertz CT molecular complexity index is 424. The third-order valence-corrected chi connectivity index (χ3v) is 2.57. The maximum atomic E-state index is 13.8. The fraction of sp³-hybridized carbons (Fsp3) is 0.417. The van der Waals surface area contributed by atoms with E-state index in [1.54, 1.807) is 19.2 Å². The molecule has 0 fully saturated rings. The number of amidine groups is 1. The third kappa shape index (κ3) is 3.97. The van der Waals surface area contributed by atoms with E-state index in [4.69, 9.17) is 15.7 Å². The van der Waals surface area contributed by atoms with Gasteiger partial charge in [-0.2, -0.15) is 0 Å². The molecular weight excluding hydrogens is 237 g/mol. The normalized spacial score (nSPS) is 12.1. The Morgan fingerprint density at radius 2 is 2.28 bits per heavy atom. The zero-order chi connectivity index (χ0) is 13.5. The van der Waals surface area contributed by atoms with E-state index in [9.17, 15) is 4.39 Å². The van der Waals surface area contributed by atoms with Crippen LogP contribution in [0.25, 0.3) is 0 Å². The van der Waals surface area contributed by atoms with Gasteiger partial charge in [0.1, 0.15) is 5.82 Å². The van der Waals surface area contributed by atoms with E-state index in [-0.39, 0.29) is 11.7 Å². The Balaban J connectivity index is 2.74. The van der Waals surface area contributed by atoms with Crippen molar-refractivity contribution in [1.29, 1.82) is 0 Å². The fourth-order valence-corrected chi connectivity index (χ4v) is 1.51. The second-order valence-corrected chi connectivity index (χ2v) is 4.02. The number of nitrogens with zero attached hydrogens (tertiary/aromatic N) is 2. The van der Waals surface area contributed by atoms with Gasteiger partial charge in [0.25, 0.3) is 0 Å². The molecule has 0 aliphatic carbocycles. The number of likely N-dealkylation sites (N-methyl/N-ethyl adjacent to an activating group) is 1. The van der Waals surface area contributed by atoms with Crippen molar-refractivity contribution >= 4 is 5.84 Å². The van der Waals surface area contributed by atoms with Crippen LogP contribution in [0.1, 0.15) is 11.1 Å². The number of ether oxygens (including phenoxy) is 1. The predicted octanol–water partition coefficient (Wildman–Crippen LogP) is 0.998. The average molecular weight is 255 g/mol. The topological polar surface area (TPSA) is 71.1 Å². The molecule has 1 rings (SSSR count). The molecule has 6 heteroatoms. The lowest BCUT2D eigenvalue weighted by Gasteiger charge is -2.16. The van der Waals surface area contributed by atoms with Crippen LogP contribution < -0.4 is 5.73 Å². The molecule has 1 aromatic carbocycles. The van der Waals surface area contributed by atoms with Crippen molar-refractivity contribution in [3.05, 3.63) is 35.1 Å². The van der Waals surface area contributed by atoms with Crippen molar-refractivity contribution in [2.24, 2.45) is 10.9 Å². The highest BCUT2D eigenvalue weighted by atomic mass is 19.1. The average Bonchev–Trinajstić information content (AvgIpc) is 2.37. The molecule has 0 aromatic heterocycles. The number of methoxy groups -OCH3 is 1. The smallest absolute Gasteiger partial charge is 0.170 e. The lowest BCUT2D eigenvalue weighted by molar-refractivity contribution is 0.158. The molecule has 0 saturated heterocycles. The highest BCUT2D eigenvalue weighted by Gasteiger charge is 2.08. The molecule has 18 heavy (non-hydrogen) atoms. The van der Waals surface area contributed by atoms with Crippen LogP contribution in [0.15, 0.2) is 23.4 Å². The molecular formula is C12H18FN3O2. The summed E-state index contributed by atoms with van der Waals surface area (Å²) in [4.78, 5) is 1.95. The van der Waals surface area contributed by atoms with Crippen molar-refractivity contribution in [2.75, 3.05) is 27.3 Å². The molecule has 0 radical (unpaired) electrons. The van der Waals surface area contributed by atoms with Gasteiger partial charge >= 0.3 is 0 Å². The van der Waals surface area contributed by atoms with Crippen molar-refractivity contribution in [3.63, 3.8) is 0 Å². The van der Waals surface area contributed by atoms with Gasteiger partial charge in [-0.3, -0.25) is 4.90 Å². The quantitative estimate of drug-likeness (QED) is 0.344. The maximum Gasteiger partial charge on any atom is 0.170 e. The van der Waals surface area contributed by atoms with E-state index in [0.29, 0.717) is 24.3 Å². The summed E-state index contributed by atoms with van der Waals surface area (Å²) in [6.07, 6.45) is 0. The minimum atomic E-state index is -0.372. The van der Waals surface area contributed by atoms with Crippen LogP contribution in [0.4, 0.5) is 4.39 Å². The Kier molecular flexibility index (Phi) is 5.54. The highest BCUT2D eigenvalue weighted by molar-refractivity contribution is 5.97. The van der Waals surface area contributed by atoms with Crippen LogP contribution in [-0.2, 0) is 11.3 Å². The minimum Gasteiger partial charge on any atom is -0.409 e. The molecule has 0 atom stereocenters. The zero-order valence-electron chi connectivity index (χ0n) is 10.6. The van der Waals surface area contributed by atoms with Crippen molar-refractivity contribution in [3.8, 4) is 0 Å². The Morgan fingerprint density at radius 3 is 2.83 bits per heavy atom. The van der Waals surface area contributed by atoms with Gasteiger partial charge < -0.3 is 15.7 Å². The lowest BCUT2D eigenvalue weighted by Crippen LogP contribution is -2.23. The van der Waals surface area contributed by atoms with Gasteiger partial charge in [-0.1, -0.05) is 17.3 Å². The molecule has 0 aliphatic rings. The van der Waals surface area contributed by atoms with E-state index in [0.717, 1.165) is 6.54 Å². The number of hydrogen-bond acceptors (Lipinski definition) is 4. The molecule has 5 nitrogen and oxygen atoms in total. The highest BCUT2D eigenvalue weighted by Crippen LogP contribution is 2.12. The van der Waals surface area contributed by atoms with E-state index in [1.165, 1.54) is 6.07 Å². The van der Waals surface area contributed by atoms with Gasteiger partial charge in [0.2, 0.25) is 0 Å². The molecule has 3 N–H and O–H groups in total. The van der Waals surface area contributed by atoms with E-state index >= 15 is 0 Å². The predicted molar refractivity (Wildman–Crippen MR) is 67.1 cm³/mol. The van der Waals surface area contributed by atoms with E-state index in [2.05, 4.69) is 5.16 Å². The summed E-state index contributed by atoms with van der Waals surface area (Å²) in [5, 5.41) is 11.3. The Labute approximate surface area is 106 Å². The largest absolute Gasteiger partial charge is 0.409 e. The summed E-state index contributed by atoms with van der Waals surface area (Å²) < 4.78 is 18.7. The van der Waals surface area contributed by atoms with Crippen LogP contribution in [0.2, 0.25) is 0 Å². The van der Waals surface area contributed by atoms with E-state index < -0.39 is 0 Å². The first-order valence-electron chi connectivity index (χ1n) is 5.52. The lowest BCUT2D eigenvalue weighted by atomic mass is 10.1. The van der Waals surface area contributed by atoms with Gasteiger partial charge in [-0.25, -0.2) is 4.39 Å². The molecule has 0 bridgehead atoms. The van der Waals surface area contributed by atoms with Gasteiger partial charge in [0, 0.05) is 31.3 Å². The zero-order valence-corrected chi connectivity index (χ0v) is 10.6. The molecule has 1 aromatic rings. The minimum absolute atomic E-state index is 0.104. The Morgan fingerprint density at radius 1 is 1.56 bits per heavy atom. The second-order valence-electron chi connectivity index (χ2n) is 4.02. The van der Waals surface area contributed by atoms with Crippen molar-refractivity contribution in [1.82, 2.24) is 4.90 Å². The van der Waals surface area contributed by atoms with Gasteiger partial charge in [-0.05, 0) is 13.1 Å². The van der Waals surface area contributed by atoms with Crippen molar-refractivity contribution < 1.29 is 14.3 Å². The van der Waals surface area contributed by atoms with Crippen LogP contribution >= 0.6 is 0 Å². The first-order valence-corrected chi connectivity index (χ1v) is 5.52. The summed E-state index contributed by atoms with van der Waals surface area (Å²) in [5.74, 6) is -0.475. The first-order chi connectivity index (χ1) is 8.58. The van der Waals surface area contributed by atoms with Gasteiger partial charge in [0.05, 0.1) is 6.61 Å². The van der Waals surface area contributed by atoms with Crippen LogP contribution in [-0.4, -0.2) is 43.3 Å². The third-order valence-electron chi connectivity index (χ3n) is 2.57. The number of benzene rings is 1. The summed E-state index contributed by atoms with van der Waals surface area (Å²) in [5.41, 5.74) is 6.30. The van der Waals surface area contributed by atoms with Gasteiger partial charge in [-0.15, -0.1) is 0 Å². The summed E-state index contributed by atoms with van der Waals surface area (Å²) in [6, 6.07) is 4.51. The maximum absolute atomic E-state index is 13.8. The van der Waals surface area contributed by atoms with E-state index in [1.807, 2.05) is 11.9 Å². The molecule has 0 aliphatic heterocycles. The standard InChI is InChI=1S/C12H18FN3O2/c1-16(5-6-18-2)8-10-4-3-9(7-11(10)13)12(14)15-17/h3-4,7,17H,5-6,8H2,1-2H3,(H2,14,15). The van der Waals surface area contributed by atoms with Crippen LogP contribution in [0.5, 0.6) is 0 Å². The summed E-state index contributed by atoms with van der Waals surface area (Å²) >= 11 is 0. The molecule has 0 heterocycles. The molecule has 0 saturated carbocycles. The number of rotatable bonds is 6. The fourth-order valence-electron chi connectivity index (χ4n) is 1.51. The SMILES string of the molecule is COCCN(C)Cc1ccc(/C(N)=N/O)cc1F. The van der Waals surface area contributed by atoms with Crippen LogP contribution in [0.3, 0.4) is 0 Å². The summed E-state index contributed by atoms with van der Waals surface area (Å²) in [7, 11) is 3.51. The second kappa shape index (κ2) is 6.93. The number of nitrogens with two attached hydrogens (primary N) is 1. The van der Waals surface area contributed by atoms with Crippen molar-refractivity contribution in [2.45, 2.75) is 6.54 Å². The summed E-state index contributed by atoms with van der Waals surface area (Å²) in [6.45, 7) is 1.80. The molecule has 100 valence electrons. The Hall–Kier alpha value is -1.66. The monoisotopic (exact) mass is 255 g/mol. The molecule has 0 spiro atoms. The van der Waals surface area contributed by atoms with Gasteiger partial charge in [0.15, 0.2) is 5.84 Å².